The minimum Gasteiger partial charge on any atom is -0.492 e. The Morgan fingerprint density at radius 3 is 2.64 bits per heavy atom. The standard InChI is InChI=1S/C19H29N3O3/c1-3-24-18-9-5-4-8-17(18)22-13-11-21(12-14-22)10-6-7-16-15-20(2)19(23)25-16/h4-5,8-9,16H,3,6-7,10-15H2,1-2H3. The number of carbonyl (C=O) groups is 1. The lowest BCUT2D eigenvalue weighted by Gasteiger charge is -2.36. The van der Waals surface area contributed by atoms with Gasteiger partial charge in [0.05, 0.1) is 18.8 Å². The van der Waals surface area contributed by atoms with Crippen LogP contribution in [0.1, 0.15) is 19.8 Å². The molecule has 138 valence electrons. The number of para-hydroxylation sites is 2. The summed E-state index contributed by atoms with van der Waals surface area (Å²) in [5, 5.41) is 0. The molecule has 6 heteroatoms. The molecule has 2 fully saturated rings. The van der Waals surface area contributed by atoms with E-state index in [-0.39, 0.29) is 12.2 Å². The van der Waals surface area contributed by atoms with Gasteiger partial charge < -0.3 is 19.3 Å². The summed E-state index contributed by atoms with van der Waals surface area (Å²) in [5.74, 6) is 0.977. The molecule has 2 saturated heterocycles. The van der Waals surface area contributed by atoms with E-state index in [0.29, 0.717) is 6.61 Å². The SMILES string of the molecule is CCOc1ccccc1N1CCN(CCCC2CN(C)C(=O)O2)CC1. The van der Waals surface area contributed by atoms with E-state index >= 15 is 0 Å². The number of cyclic esters (lactones) is 1. The Bertz CT molecular complexity index is 573. The molecule has 0 aromatic heterocycles. The summed E-state index contributed by atoms with van der Waals surface area (Å²) in [7, 11) is 1.79. The Labute approximate surface area is 150 Å². The number of hydrogen-bond acceptors (Lipinski definition) is 5. The van der Waals surface area contributed by atoms with Crippen LogP contribution < -0.4 is 9.64 Å². The average Bonchev–Trinajstić information content (AvgIpc) is 2.94. The predicted molar refractivity (Wildman–Crippen MR) is 98.4 cm³/mol. The highest BCUT2D eigenvalue weighted by Crippen LogP contribution is 2.28. The fraction of sp³-hybridized carbons (Fsp3) is 0.632. The number of rotatable bonds is 7. The molecule has 1 unspecified atom stereocenters. The van der Waals surface area contributed by atoms with Crippen LogP contribution in [-0.2, 0) is 4.74 Å². The molecule has 25 heavy (non-hydrogen) atoms. The largest absolute Gasteiger partial charge is 0.492 e. The highest BCUT2D eigenvalue weighted by molar-refractivity contribution is 5.69. The van der Waals surface area contributed by atoms with E-state index in [1.165, 1.54) is 5.69 Å². The Kier molecular flexibility index (Phi) is 6.02. The molecule has 0 radical (unpaired) electrons. The number of likely N-dealkylation sites (N-methyl/N-ethyl adjacent to an activating group) is 1. The van der Waals surface area contributed by atoms with E-state index < -0.39 is 0 Å². The second-order valence-electron chi connectivity index (χ2n) is 6.76. The van der Waals surface area contributed by atoms with Crippen molar-refractivity contribution in [2.24, 2.45) is 0 Å². The van der Waals surface area contributed by atoms with Gasteiger partial charge in [0, 0.05) is 33.2 Å². The molecule has 2 heterocycles. The van der Waals surface area contributed by atoms with Gasteiger partial charge in [-0.3, -0.25) is 4.90 Å². The number of benzene rings is 1. The number of amides is 1. The van der Waals surface area contributed by atoms with Gasteiger partial charge >= 0.3 is 6.09 Å². The predicted octanol–water partition coefficient (Wildman–Crippen LogP) is 2.44. The Hall–Kier alpha value is -1.95. The van der Waals surface area contributed by atoms with Gasteiger partial charge in [0.2, 0.25) is 0 Å². The lowest BCUT2D eigenvalue weighted by Crippen LogP contribution is -2.46. The molecule has 1 atom stereocenters. The van der Waals surface area contributed by atoms with Crippen LogP contribution in [0.5, 0.6) is 5.75 Å². The molecular formula is C19H29N3O3. The van der Waals surface area contributed by atoms with Gasteiger partial charge in [0.25, 0.3) is 0 Å². The molecule has 3 rings (SSSR count). The summed E-state index contributed by atoms with van der Waals surface area (Å²) in [6.45, 7) is 8.66. The second kappa shape index (κ2) is 8.43. The Balaban J connectivity index is 1.41. The number of carbonyl (C=O) groups excluding carboxylic acids is 1. The first-order valence-electron chi connectivity index (χ1n) is 9.28. The lowest BCUT2D eigenvalue weighted by molar-refractivity contribution is 0.126. The molecule has 0 N–H and O–H groups in total. The van der Waals surface area contributed by atoms with Crippen LogP contribution in [0.4, 0.5) is 10.5 Å². The van der Waals surface area contributed by atoms with E-state index in [1.54, 1.807) is 11.9 Å². The molecule has 2 aliphatic rings. The topological polar surface area (TPSA) is 45.2 Å². The van der Waals surface area contributed by atoms with Crippen LogP contribution in [-0.4, -0.2) is 74.9 Å². The van der Waals surface area contributed by atoms with Gasteiger partial charge in [-0.15, -0.1) is 0 Å². The van der Waals surface area contributed by atoms with Crippen molar-refractivity contribution in [2.45, 2.75) is 25.9 Å². The van der Waals surface area contributed by atoms with Crippen molar-refractivity contribution >= 4 is 11.8 Å². The Morgan fingerprint density at radius 2 is 1.96 bits per heavy atom. The maximum atomic E-state index is 11.4. The van der Waals surface area contributed by atoms with Crippen LogP contribution in [0.3, 0.4) is 0 Å². The zero-order valence-electron chi connectivity index (χ0n) is 15.3. The molecule has 2 aliphatic heterocycles. The molecule has 0 aliphatic carbocycles. The van der Waals surface area contributed by atoms with Crippen LogP contribution in [0.2, 0.25) is 0 Å². The van der Waals surface area contributed by atoms with E-state index in [9.17, 15) is 4.79 Å². The lowest BCUT2D eigenvalue weighted by atomic mass is 10.1. The van der Waals surface area contributed by atoms with Crippen molar-refractivity contribution in [1.29, 1.82) is 0 Å². The molecular weight excluding hydrogens is 318 g/mol. The normalized spacial score (nSPS) is 21.5. The van der Waals surface area contributed by atoms with Crippen LogP contribution >= 0.6 is 0 Å². The van der Waals surface area contributed by atoms with E-state index in [1.807, 2.05) is 19.1 Å². The average molecular weight is 347 g/mol. The summed E-state index contributed by atoms with van der Waals surface area (Å²) < 4.78 is 11.1. The zero-order valence-corrected chi connectivity index (χ0v) is 15.3. The third-order valence-corrected chi connectivity index (χ3v) is 4.94. The van der Waals surface area contributed by atoms with Gasteiger partial charge in [0.1, 0.15) is 11.9 Å². The highest BCUT2D eigenvalue weighted by atomic mass is 16.6. The summed E-state index contributed by atoms with van der Waals surface area (Å²) in [4.78, 5) is 17.9. The van der Waals surface area contributed by atoms with Crippen LogP contribution in [0.25, 0.3) is 0 Å². The molecule has 1 aromatic carbocycles. The summed E-state index contributed by atoms with van der Waals surface area (Å²) in [6, 6.07) is 8.29. The summed E-state index contributed by atoms with van der Waals surface area (Å²) in [5.41, 5.74) is 1.20. The maximum Gasteiger partial charge on any atom is 0.409 e. The summed E-state index contributed by atoms with van der Waals surface area (Å²) in [6.07, 6.45) is 1.90. The first-order valence-corrected chi connectivity index (χ1v) is 9.28. The molecule has 0 saturated carbocycles. The van der Waals surface area contributed by atoms with Crippen molar-refractivity contribution in [2.75, 3.05) is 57.8 Å². The maximum absolute atomic E-state index is 11.4. The van der Waals surface area contributed by atoms with Crippen molar-refractivity contribution in [3.63, 3.8) is 0 Å². The number of anilines is 1. The molecule has 1 amide bonds. The van der Waals surface area contributed by atoms with Gasteiger partial charge in [0.15, 0.2) is 0 Å². The minimum atomic E-state index is -0.188. The number of ether oxygens (including phenoxy) is 2. The van der Waals surface area contributed by atoms with Gasteiger partial charge in [-0.1, -0.05) is 12.1 Å². The Morgan fingerprint density at radius 1 is 1.20 bits per heavy atom. The first kappa shape index (κ1) is 17.9. The molecule has 1 aromatic rings. The third kappa shape index (κ3) is 4.57. The molecule has 6 nitrogen and oxygen atoms in total. The van der Waals surface area contributed by atoms with Gasteiger partial charge in [-0.05, 0) is 38.4 Å². The van der Waals surface area contributed by atoms with Gasteiger partial charge in [-0.2, -0.15) is 0 Å². The van der Waals surface area contributed by atoms with Crippen molar-refractivity contribution in [3.05, 3.63) is 24.3 Å². The monoisotopic (exact) mass is 347 g/mol. The van der Waals surface area contributed by atoms with Crippen LogP contribution in [0, 0.1) is 0 Å². The number of hydrogen-bond donors (Lipinski definition) is 0. The third-order valence-electron chi connectivity index (χ3n) is 4.94. The zero-order chi connectivity index (χ0) is 17.6. The fourth-order valence-electron chi connectivity index (χ4n) is 3.55. The van der Waals surface area contributed by atoms with Crippen molar-refractivity contribution in [1.82, 2.24) is 9.80 Å². The fourth-order valence-corrected chi connectivity index (χ4v) is 3.55. The number of piperazine rings is 1. The molecule has 0 spiro atoms. The van der Waals surface area contributed by atoms with Crippen molar-refractivity contribution in [3.8, 4) is 5.75 Å². The minimum absolute atomic E-state index is 0.0665. The smallest absolute Gasteiger partial charge is 0.409 e. The summed E-state index contributed by atoms with van der Waals surface area (Å²) >= 11 is 0. The molecule has 0 bridgehead atoms. The quantitative estimate of drug-likeness (QED) is 0.758. The first-order chi connectivity index (χ1) is 12.2. The van der Waals surface area contributed by atoms with Gasteiger partial charge in [-0.25, -0.2) is 4.79 Å². The van der Waals surface area contributed by atoms with Crippen LogP contribution in [0.15, 0.2) is 24.3 Å². The number of nitrogens with zero attached hydrogens (tertiary/aromatic N) is 3. The van der Waals surface area contributed by atoms with E-state index in [4.69, 9.17) is 9.47 Å². The second-order valence-corrected chi connectivity index (χ2v) is 6.76. The van der Waals surface area contributed by atoms with E-state index in [2.05, 4.69) is 21.9 Å². The van der Waals surface area contributed by atoms with Crippen molar-refractivity contribution < 1.29 is 14.3 Å². The van der Waals surface area contributed by atoms with E-state index in [0.717, 1.165) is 57.9 Å². The highest BCUT2D eigenvalue weighted by Gasteiger charge is 2.28.